The number of hydrogen-bond acceptors (Lipinski definition) is 3. The van der Waals surface area contributed by atoms with E-state index >= 15 is 0 Å². The average Bonchev–Trinajstić information content (AvgIpc) is 2.71. The van der Waals surface area contributed by atoms with E-state index in [0.29, 0.717) is 12.0 Å². The van der Waals surface area contributed by atoms with E-state index in [9.17, 15) is 0 Å². The normalized spacial score (nSPS) is 20.6. The van der Waals surface area contributed by atoms with Gasteiger partial charge in [0.25, 0.3) is 0 Å². The summed E-state index contributed by atoms with van der Waals surface area (Å²) < 4.78 is 0. The number of aryl methyl sites for hydroxylation is 1. The Morgan fingerprint density at radius 3 is 2.78 bits per heavy atom. The SMILES string of the molecule is Cc1cccc(NCCNC2CCC(C)c3ccccc3C2)n1. The molecular formula is C20H27N3. The van der Waals surface area contributed by atoms with Crippen molar-refractivity contribution in [1.82, 2.24) is 10.3 Å². The van der Waals surface area contributed by atoms with Crippen LogP contribution in [0.25, 0.3) is 0 Å². The monoisotopic (exact) mass is 309 g/mol. The number of aromatic nitrogens is 1. The molecule has 3 heteroatoms. The summed E-state index contributed by atoms with van der Waals surface area (Å²) in [6, 6.07) is 15.6. The highest BCUT2D eigenvalue weighted by Crippen LogP contribution is 2.29. The minimum Gasteiger partial charge on any atom is -0.369 e. The molecule has 0 amide bonds. The summed E-state index contributed by atoms with van der Waals surface area (Å²) >= 11 is 0. The number of fused-ring (bicyclic) bond motifs is 1. The van der Waals surface area contributed by atoms with Crippen molar-refractivity contribution in [3.63, 3.8) is 0 Å². The Bertz CT molecular complexity index is 638. The summed E-state index contributed by atoms with van der Waals surface area (Å²) in [5, 5.41) is 7.11. The molecule has 2 N–H and O–H groups in total. The molecule has 2 atom stereocenters. The fourth-order valence-corrected chi connectivity index (χ4v) is 3.46. The van der Waals surface area contributed by atoms with E-state index in [2.05, 4.69) is 46.8 Å². The van der Waals surface area contributed by atoms with E-state index in [0.717, 1.165) is 31.0 Å². The summed E-state index contributed by atoms with van der Waals surface area (Å²) in [5.41, 5.74) is 4.11. The second-order valence-electron chi connectivity index (χ2n) is 6.62. The van der Waals surface area contributed by atoms with Crippen molar-refractivity contribution in [2.45, 2.75) is 45.1 Å². The summed E-state index contributed by atoms with van der Waals surface area (Å²) in [4.78, 5) is 4.47. The van der Waals surface area contributed by atoms with Gasteiger partial charge in [-0.15, -0.1) is 0 Å². The predicted octanol–water partition coefficient (Wildman–Crippen LogP) is 3.90. The molecule has 0 saturated carbocycles. The van der Waals surface area contributed by atoms with Gasteiger partial charge in [-0.05, 0) is 55.4 Å². The smallest absolute Gasteiger partial charge is 0.126 e. The van der Waals surface area contributed by atoms with Gasteiger partial charge in [-0.25, -0.2) is 4.98 Å². The van der Waals surface area contributed by atoms with Crippen LogP contribution >= 0.6 is 0 Å². The van der Waals surface area contributed by atoms with Crippen molar-refractivity contribution in [3.8, 4) is 0 Å². The van der Waals surface area contributed by atoms with Gasteiger partial charge in [-0.3, -0.25) is 0 Å². The summed E-state index contributed by atoms with van der Waals surface area (Å²) in [6.45, 7) is 6.25. The van der Waals surface area contributed by atoms with E-state index in [1.54, 1.807) is 5.56 Å². The van der Waals surface area contributed by atoms with Gasteiger partial charge in [-0.1, -0.05) is 37.3 Å². The Hall–Kier alpha value is -1.87. The highest BCUT2D eigenvalue weighted by atomic mass is 15.0. The lowest BCUT2D eigenvalue weighted by Gasteiger charge is -2.17. The van der Waals surface area contributed by atoms with Crippen molar-refractivity contribution in [1.29, 1.82) is 0 Å². The second kappa shape index (κ2) is 7.60. The van der Waals surface area contributed by atoms with Crippen molar-refractivity contribution in [2.24, 2.45) is 0 Å². The van der Waals surface area contributed by atoms with Crippen molar-refractivity contribution < 1.29 is 0 Å². The van der Waals surface area contributed by atoms with Crippen molar-refractivity contribution in [3.05, 3.63) is 59.3 Å². The van der Waals surface area contributed by atoms with E-state index < -0.39 is 0 Å². The van der Waals surface area contributed by atoms with Gasteiger partial charge in [-0.2, -0.15) is 0 Å². The molecule has 1 aliphatic rings. The van der Waals surface area contributed by atoms with Gasteiger partial charge in [0.1, 0.15) is 5.82 Å². The molecule has 1 heterocycles. The van der Waals surface area contributed by atoms with Gasteiger partial charge in [0.15, 0.2) is 0 Å². The molecule has 0 spiro atoms. The molecule has 0 aliphatic heterocycles. The van der Waals surface area contributed by atoms with Crippen LogP contribution in [-0.4, -0.2) is 24.1 Å². The van der Waals surface area contributed by atoms with Crippen molar-refractivity contribution >= 4 is 5.82 Å². The number of rotatable bonds is 5. The summed E-state index contributed by atoms with van der Waals surface area (Å²) in [7, 11) is 0. The molecule has 3 nitrogen and oxygen atoms in total. The molecule has 2 aromatic rings. The van der Waals surface area contributed by atoms with Crippen LogP contribution in [0.2, 0.25) is 0 Å². The number of nitrogens with one attached hydrogen (secondary N) is 2. The van der Waals surface area contributed by atoms with Gasteiger partial charge >= 0.3 is 0 Å². The van der Waals surface area contributed by atoms with Gasteiger partial charge in [0, 0.05) is 24.8 Å². The first-order valence-electron chi connectivity index (χ1n) is 8.71. The zero-order valence-corrected chi connectivity index (χ0v) is 14.2. The highest BCUT2D eigenvalue weighted by Gasteiger charge is 2.20. The van der Waals surface area contributed by atoms with Gasteiger partial charge in [0.05, 0.1) is 0 Å². The maximum atomic E-state index is 4.47. The molecule has 0 radical (unpaired) electrons. The Morgan fingerprint density at radius 1 is 1.04 bits per heavy atom. The van der Waals surface area contributed by atoms with E-state index in [-0.39, 0.29) is 0 Å². The minimum atomic E-state index is 0.577. The molecule has 2 unspecified atom stereocenters. The maximum Gasteiger partial charge on any atom is 0.126 e. The van der Waals surface area contributed by atoms with Crippen LogP contribution in [0.4, 0.5) is 5.82 Å². The fourth-order valence-electron chi connectivity index (χ4n) is 3.46. The Balaban J connectivity index is 1.49. The topological polar surface area (TPSA) is 37.0 Å². The maximum absolute atomic E-state index is 4.47. The lowest BCUT2D eigenvalue weighted by Crippen LogP contribution is -2.34. The zero-order valence-electron chi connectivity index (χ0n) is 14.2. The van der Waals surface area contributed by atoms with E-state index in [1.807, 2.05) is 25.1 Å². The third-order valence-electron chi connectivity index (χ3n) is 4.75. The largest absolute Gasteiger partial charge is 0.369 e. The minimum absolute atomic E-state index is 0.577. The Morgan fingerprint density at radius 2 is 1.91 bits per heavy atom. The fraction of sp³-hybridized carbons (Fsp3) is 0.450. The number of nitrogens with zero attached hydrogens (tertiary/aromatic N) is 1. The Labute approximate surface area is 139 Å². The van der Waals surface area contributed by atoms with E-state index in [4.69, 9.17) is 0 Å². The molecule has 0 fully saturated rings. The second-order valence-corrected chi connectivity index (χ2v) is 6.62. The third kappa shape index (κ3) is 4.32. The first-order valence-corrected chi connectivity index (χ1v) is 8.71. The quantitative estimate of drug-likeness (QED) is 0.650. The first kappa shape index (κ1) is 16.0. The predicted molar refractivity (Wildman–Crippen MR) is 97.0 cm³/mol. The first-order chi connectivity index (χ1) is 11.2. The molecule has 0 saturated heterocycles. The van der Waals surface area contributed by atoms with Crippen LogP contribution < -0.4 is 10.6 Å². The molecule has 122 valence electrons. The summed E-state index contributed by atoms with van der Waals surface area (Å²) in [6.07, 6.45) is 3.66. The molecule has 1 aliphatic carbocycles. The van der Waals surface area contributed by atoms with Crippen LogP contribution in [0.5, 0.6) is 0 Å². The van der Waals surface area contributed by atoms with Gasteiger partial charge < -0.3 is 10.6 Å². The number of anilines is 1. The Kier molecular flexibility index (Phi) is 5.29. The van der Waals surface area contributed by atoms with E-state index in [1.165, 1.54) is 18.4 Å². The standard InChI is InChI=1S/C20H27N3/c1-15-10-11-18(14-17-7-3-4-8-19(15)17)21-12-13-22-20-9-5-6-16(2)23-20/h3-9,15,18,21H,10-14H2,1-2H3,(H,22,23). The lowest BCUT2D eigenvalue weighted by atomic mass is 9.95. The number of benzene rings is 1. The number of hydrogen-bond donors (Lipinski definition) is 2. The average molecular weight is 309 g/mol. The van der Waals surface area contributed by atoms with Crippen LogP contribution in [0, 0.1) is 6.92 Å². The van der Waals surface area contributed by atoms with Gasteiger partial charge in [0.2, 0.25) is 0 Å². The summed E-state index contributed by atoms with van der Waals surface area (Å²) in [5.74, 6) is 1.64. The lowest BCUT2D eigenvalue weighted by molar-refractivity contribution is 0.471. The van der Waals surface area contributed by atoms with Crippen LogP contribution in [-0.2, 0) is 6.42 Å². The molecule has 0 bridgehead atoms. The van der Waals surface area contributed by atoms with Crippen LogP contribution in [0.3, 0.4) is 0 Å². The van der Waals surface area contributed by atoms with Crippen LogP contribution in [0.1, 0.15) is 42.5 Å². The molecule has 3 rings (SSSR count). The molecular weight excluding hydrogens is 282 g/mol. The van der Waals surface area contributed by atoms with Crippen LogP contribution in [0.15, 0.2) is 42.5 Å². The highest BCUT2D eigenvalue weighted by molar-refractivity contribution is 5.35. The van der Waals surface area contributed by atoms with Crippen molar-refractivity contribution in [2.75, 3.05) is 18.4 Å². The molecule has 1 aromatic heterocycles. The third-order valence-corrected chi connectivity index (χ3v) is 4.75. The molecule has 23 heavy (non-hydrogen) atoms. The number of pyridine rings is 1. The molecule has 1 aromatic carbocycles. The zero-order chi connectivity index (χ0) is 16.1.